The van der Waals surface area contributed by atoms with Gasteiger partial charge in [-0.2, -0.15) is 4.39 Å². The molecule has 27 heavy (non-hydrogen) atoms. The van der Waals surface area contributed by atoms with Gasteiger partial charge < -0.3 is 9.84 Å². The second-order valence-electron chi connectivity index (χ2n) is 6.91. The lowest BCUT2D eigenvalue weighted by molar-refractivity contribution is 0.243. The van der Waals surface area contributed by atoms with Crippen molar-refractivity contribution >= 4 is 0 Å². The van der Waals surface area contributed by atoms with Gasteiger partial charge in [0.15, 0.2) is 11.6 Å². The Kier molecular flexibility index (Phi) is 9.19. The zero-order chi connectivity index (χ0) is 20.6. The number of phenols is 1. The molecule has 0 saturated carbocycles. The number of hydrogen-bond acceptors (Lipinski definition) is 2. The standard InChI is InChI=1S/C22H29F3O2/c1-6-27-16(4)13-19(23)17(5)15(3)9-7-14(2)8-10-18-11-12-20(26)22(25)21(18)24/h11-15,26H,4-10H2,1-3H3/b19-13+. The number of halogens is 3. The summed E-state index contributed by atoms with van der Waals surface area (Å²) in [6.07, 6.45) is 3.83. The van der Waals surface area contributed by atoms with Gasteiger partial charge in [-0.25, -0.2) is 8.78 Å². The lowest BCUT2D eigenvalue weighted by Gasteiger charge is -2.17. The van der Waals surface area contributed by atoms with Gasteiger partial charge in [-0.1, -0.05) is 39.5 Å². The molecule has 150 valence electrons. The third kappa shape index (κ3) is 7.16. The van der Waals surface area contributed by atoms with E-state index in [2.05, 4.69) is 13.2 Å². The average molecular weight is 382 g/mol. The highest BCUT2D eigenvalue weighted by atomic mass is 19.2. The predicted molar refractivity (Wildman–Crippen MR) is 103 cm³/mol. The molecule has 1 rings (SSSR count). The van der Waals surface area contributed by atoms with Gasteiger partial charge in [0.2, 0.25) is 5.82 Å². The van der Waals surface area contributed by atoms with Crippen molar-refractivity contribution in [1.29, 1.82) is 0 Å². The molecule has 0 spiro atoms. The highest BCUT2D eigenvalue weighted by molar-refractivity contribution is 5.30. The first-order chi connectivity index (χ1) is 12.7. The van der Waals surface area contributed by atoms with E-state index >= 15 is 0 Å². The maximum Gasteiger partial charge on any atom is 0.200 e. The number of benzene rings is 1. The van der Waals surface area contributed by atoms with Crippen LogP contribution < -0.4 is 0 Å². The van der Waals surface area contributed by atoms with E-state index in [4.69, 9.17) is 9.84 Å². The highest BCUT2D eigenvalue weighted by Gasteiger charge is 2.16. The van der Waals surface area contributed by atoms with E-state index in [1.165, 1.54) is 12.1 Å². The molecule has 0 heterocycles. The highest BCUT2D eigenvalue weighted by Crippen LogP contribution is 2.28. The molecule has 0 aliphatic heterocycles. The minimum absolute atomic E-state index is 0.0546. The molecule has 0 saturated heterocycles. The van der Waals surface area contributed by atoms with Gasteiger partial charge in [-0.05, 0) is 55.2 Å². The molecule has 2 atom stereocenters. The number of phenolic OH excluding ortho intramolecular Hbond substituents is 1. The third-order valence-corrected chi connectivity index (χ3v) is 4.66. The van der Waals surface area contributed by atoms with Crippen molar-refractivity contribution in [3.8, 4) is 5.75 Å². The summed E-state index contributed by atoms with van der Waals surface area (Å²) < 4.78 is 46.4. The fourth-order valence-corrected chi connectivity index (χ4v) is 2.72. The Hall–Kier alpha value is -2.17. The first kappa shape index (κ1) is 22.9. The summed E-state index contributed by atoms with van der Waals surface area (Å²) in [5, 5.41) is 9.16. The van der Waals surface area contributed by atoms with Crippen LogP contribution in [-0.2, 0) is 11.2 Å². The normalized spacial score (nSPS) is 13.9. The van der Waals surface area contributed by atoms with Crippen LogP contribution in [0.15, 0.2) is 48.5 Å². The molecule has 2 nitrogen and oxygen atoms in total. The quantitative estimate of drug-likeness (QED) is 0.344. The molecule has 0 aromatic heterocycles. The maximum atomic E-state index is 14.2. The maximum absolute atomic E-state index is 14.2. The molecule has 0 aliphatic rings. The van der Waals surface area contributed by atoms with Crippen LogP contribution in [0.1, 0.15) is 45.6 Å². The van der Waals surface area contributed by atoms with Gasteiger partial charge in [0.25, 0.3) is 0 Å². The van der Waals surface area contributed by atoms with Crippen molar-refractivity contribution in [2.24, 2.45) is 11.8 Å². The Morgan fingerprint density at radius 3 is 2.44 bits per heavy atom. The van der Waals surface area contributed by atoms with Crippen molar-refractivity contribution in [3.63, 3.8) is 0 Å². The van der Waals surface area contributed by atoms with Gasteiger partial charge in [-0.3, -0.25) is 0 Å². The summed E-state index contributed by atoms with van der Waals surface area (Å²) in [5.41, 5.74) is 0.646. The monoisotopic (exact) mass is 382 g/mol. The number of aromatic hydroxyl groups is 1. The molecule has 2 unspecified atom stereocenters. The Morgan fingerprint density at radius 2 is 1.81 bits per heavy atom. The molecular weight excluding hydrogens is 353 g/mol. The Morgan fingerprint density at radius 1 is 1.15 bits per heavy atom. The molecule has 0 amide bonds. The summed E-state index contributed by atoms with van der Waals surface area (Å²) >= 11 is 0. The Labute approximate surface area is 160 Å². The van der Waals surface area contributed by atoms with E-state index in [0.29, 0.717) is 25.0 Å². The molecule has 0 fully saturated rings. The van der Waals surface area contributed by atoms with E-state index in [-0.39, 0.29) is 23.2 Å². The van der Waals surface area contributed by atoms with Gasteiger partial charge in [0.1, 0.15) is 11.6 Å². The predicted octanol–water partition coefficient (Wildman–Crippen LogP) is 6.62. The number of allylic oxidation sites excluding steroid dienone is 3. The van der Waals surface area contributed by atoms with Crippen LogP contribution in [-0.4, -0.2) is 11.7 Å². The first-order valence-corrected chi connectivity index (χ1v) is 9.21. The van der Waals surface area contributed by atoms with Gasteiger partial charge >= 0.3 is 0 Å². The third-order valence-electron chi connectivity index (χ3n) is 4.66. The van der Waals surface area contributed by atoms with Crippen LogP contribution in [0.4, 0.5) is 13.2 Å². The zero-order valence-corrected chi connectivity index (χ0v) is 16.3. The number of ether oxygens (including phenoxy) is 1. The van der Waals surface area contributed by atoms with Crippen molar-refractivity contribution in [2.45, 2.75) is 46.5 Å². The fraction of sp³-hybridized carbons (Fsp3) is 0.455. The minimum atomic E-state index is -1.21. The summed E-state index contributed by atoms with van der Waals surface area (Å²) in [4.78, 5) is 0. The van der Waals surface area contributed by atoms with Gasteiger partial charge in [0, 0.05) is 6.08 Å². The summed E-state index contributed by atoms with van der Waals surface area (Å²) in [5.74, 6) is -2.86. The Balaban J connectivity index is 2.49. The lowest BCUT2D eigenvalue weighted by Crippen LogP contribution is -2.05. The van der Waals surface area contributed by atoms with Crippen molar-refractivity contribution in [3.05, 3.63) is 65.7 Å². The van der Waals surface area contributed by atoms with E-state index in [1.807, 2.05) is 13.8 Å². The largest absolute Gasteiger partial charge is 0.505 e. The molecule has 1 N–H and O–H groups in total. The zero-order valence-electron chi connectivity index (χ0n) is 16.3. The van der Waals surface area contributed by atoms with Crippen LogP contribution in [0, 0.1) is 23.5 Å². The van der Waals surface area contributed by atoms with Gasteiger partial charge in [0.05, 0.1) is 6.61 Å². The van der Waals surface area contributed by atoms with Crippen molar-refractivity contribution in [1.82, 2.24) is 0 Å². The summed E-state index contributed by atoms with van der Waals surface area (Å²) in [7, 11) is 0. The smallest absolute Gasteiger partial charge is 0.200 e. The second kappa shape index (κ2) is 10.9. The van der Waals surface area contributed by atoms with Crippen LogP contribution in [0.5, 0.6) is 5.75 Å². The fourth-order valence-electron chi connectivity index (χ4n) is 2.72. The number of hydrogen-bond donors (Lipinski definition) is 1. The molecule has 1 aromatic rings. The molecular formula is C22H29F3O2. The molecule has 0 aliphatic carbocycles. The molecule has 0 bridgehead atoms. The summed E-state index contributed by atoms with van der Waals surface area (Å²) in [6, 6.07) is 2.56. The summed E-state index contributed by atoms with van der Waals surface area (Å²) in [6.45, 7) is 13.6. The Bertz CT molecular complexity index is 695. The topological polar surface area (TPSA) is 29.5 Å². The molecule has 1 aromatic carbocycles. The number of aryl methyl sites for hydroxylation is 1. The SMILES string of the molecule is C=C(/C=C(/F)C(=C)C(C)CCC(C)CCc1ccc(O)c(F)c1F)OCC. The number of rotatable bonds is 11. The van der Waals surface area contributed by atoms with E-state index in [9.17, 15) is 13.2 Å². The van der Waals surface area contributed by atoms with E-state index in [0.717, 1.165) is 18.9 Å². The van der Waals surface area contributed by atoms with Crippen LogP contribution >= 0.6 is 0 Å². The van der Waals surface area contributed by atoms with Crippen LogP contribution in [0.3, 0.4) is 0 Å². The lowest BCUT2D eigenvalue weighted by atomic mass is 9.89. The first-order valence-electron chi connectivity index (χ1n) is 9.21. The molecule has 0 radical (unpaired) electrons. The minimum Gasteiger partial charge on any atom is -0.505 e. The van der Waals surface area contributed by atoms with E-state index < -0.39 is 23.2 Å². The van der Waals surface area contributed by atoms with Crippen molar-refractivity contribution in [2.75, 3.05) is 6.61 Å². The van der Waals surface area contributed by atoms with Crippen LogP contribution in [0.25, 0.3) is 0 Å². The van der Waals surface area contributed by atoms with Crippen molar-refractivity contribution < 1.29 is 23.0 Å². The van der Waals surface area contributed by atoms with E-state index in [1.54, 1.807) is 6.92 Å². The van der Waals surface area contributed by atoms with Crippen LogP contribution in [0.2, 0.25) is 0 Å². The average Bonchev–Trinajstić information content (AvgIpc) is 2.63. The molecule has 5 heteroatoms. The second-order valence-corrected chi connectivity index (χ2v) is 6.91. The van der Waals surface area contributed by atoms with Gasteiger partial charge in [-0.15, -0.1) is 0 Å².